The first-order valence-electron chi connectivity index (χ1n) is 9.61. The molecule has 0 saturated carbocycles. The molecule has 0 N–H and O–H groups in total. The van der Waals surface area contributed by atoms with Gasteiger partial charge >= 0.3 is 0 Å². The van der Waals surface area contributed by atoms with Crippen molar-refractivity contribution in [2.24, 2.45) is 0 Å². The number of aromatic nitrogens is 3. The number of benzene rings is 2. The van der Waals surface area contributed by atoms with E-state index in [1.165, 1.54) is 0 Å². The average Bonchev–Trinajstić information content (AvgIpc) is 3.18. The van der Waals surface area contributed by atoms with Gasteiger partial charge in [-0.1, -0.05) is 11.8 Å². The third-order valence-electron chi connectivity index (χ3n) is 4.38. The van der Waals surface area contributed by atoms with Crippen LogP contribution in [0.3, 0.4) is 0 Å². The second kappa shape index (κ2) is 10.2. The summed E-state index contributed by atoms with van der Waals surface area (Å²) >= 11 is 1.70. The SMILES string of the molecule is COc1ccc(OCCCSc2nnc(-c3ccc(OC)cc3)n2C(C)C)cc1. The zero-order valence-electron chi connectivity index (χ0n) is 17.3. The molecule has 1 aromatic heterocycles. The maximum absolute atomic E-state index is 5.79. The topological polar surface area (TPSA) is 58.4 Å². The van der Waals surface area contributed by atoms with E-state index in [0.717, 1.165) is 46.0 Å². The van der Waals surface area contributed by atoms with E-state index in [0.29, 0.717) is 6.61 Å². The highest BCUT2D eigenvalue weighted by atomic mass is 32.2. The summed E-state index contributed by atoms with van der Waals surface area (Å²) in [4.78, 5) is 0. The van der Waals surface area contributed by atoms with Crippen molar-refractivity contribution in [1.82, 2.24) is 14.8 Å². The van der Waals surface area contributed by atoms with Crippen molar-refractivity contribution >= 4 is 11.8 Å². The van der Waals surface area contributed by atoms with E-state index < -0.39 is 0 Å². The van der Waals surface area contributed by atoms with Crippen LogP contribution in [-0.4, -0.2) is 41.3 Å². The second-order valence-electron chi connectivity index (χ2n) is 6.72. The Morgan fingerprint density at radius 3 is 2.03 bits per heavy atom. The quantitative estimate of drug-likeness (QED) is 0.340. The summed E-state index contributed by atoms with van der Waals surface area (Å²) < 4.78 is 18.4. The van der Waals surface area contributed by atoms with E-state index in [9.17, 15) is 0 Å². The Morgan fingerprint density at radius 2 is 1.45 bits per heavy atom. The molecule has 1 heterocycles. The molecule has 0 unspecified atom stereocenters. The summed E-state index contributed by atoms with van der Waals surface area (Å²) in [5, 5.41) is 9.78. The molecule has 0 aliphatic carbocycles. The Bertz CT molecular complexity index is 893. The molecular formula is C22H27N3O3S. The van der Waals surface area contributed by atoms with E-state index in [-0.39, 0.29) is 6.04 Å². The number of rotatable bonds is 10. The Morgan fingerprint density at radius 1 is 0.862 bits per heavy atom. The second-order valence-corrected chi connectivity index (χ2v) is 7.79. The molecule has 0 radical (unpaired) electrons. The van der Waals surface area contributed by atoms with Crippen molar-refractivity contribution in [2.45, 2.75) is 31.5 Å². The number of hydrogen-bond donors (Lipinski definition) is 0. The van der Waals surface area contributed by atoms with E-state index in [2.05, 4.69) is 28.6 Å². The molecule has 2 aromatic carbocycles. The molecule has 0 spiro atoms. The molecule has 29 heavy (non-hydrogen) atoms. The van der Waals surface area contributed by atoms with Gasteiger partial charge in [-0.05, 0) is 68.8 Å². The number of methoxy groups -OCH3 is 2. The number of ether oxygens (including phenoxy) is 3. The van der Waals surface area contributed by atoms with Crippen LogP contribution in [0.15, 0.2) is 53.7 Å². The monoisotopic (exact) mass is 413 g/mol. The Balaban J connectivity index is 1.56. The van der Waals surface area contributed by atoms with Crippen molar-refractivity contribution in [3.05, 3.63) is 48.5 Å². The van der Waals surface area contributed by atoms with E-state index >= 15 is 0 Å². The van der Waals surface area contributed by atoms with Crippen LogP contribution in [0.2, 0.25) is 0 Å². The molecule has 6 nitrogen and oxygen atoms in total. The van der Waals surface area contributed by atoms with Gasteiger partial charge in [-0.25, -0.2) is 0 Å². The highest BCUT2D eigenvalue weighted by Gasteiger charge is 2.16. The van der Waals surface area contributed by atoms with Gasteiger partial charge in [0.15, 0.2) is 11.0 Å². The van der Waals surface area contributed by atoms with Gasteiger partial charge in [0.1, 0.15) is 17.2 Å². The zero-order valence-corrected chi connectivity index (χ0v) is 18.1. The predicted octanol–water partition coefficient (Wildman–Crippen LogP) is 5.10. The largest absolute Gasteiger partial charge is 0.497 e. The van der Waals surface area contributed by atoms with Gasteiger partial charge in [0.05, 0.1) is 20.8 Å². The molecule has 0 bridgehead atoms. The third kappa shape index (κ3) is 5.44. The first kappa shape index (κ1) is 21.0. The van der Waals surface area contributed by atoms with Gasteiger partial charge < -0.3 is 14.2 Å². The number of thioether (sulfide) groups is 1. The van der Waals surface area contributed by atoms with Crippen LogP contribution in [-0.2, 0) is 0 Å². The molecule has 3 rings (SSSR count). The van der Waals surface area contributed by atoms with Crippen LogP contribution in [0.4, 0.5) is 0 Å². The van der Waals surface area contributed by atoms with E-state index in [1.54, 1.807) is 26.0 Å². The Kier molecular flexibility index (Phi) is 7.41. The fraction of sp³-hybridized carbons (Fsp3) is 0.364. The average molecular weight is 414 g/mol. The lowest BCUT2D eigenvalue weighted by atomic mass is 10.2. The summed E-state index contributed by atoms with van der Waals surface area (Å²) in [5.74, 6) is 4.29. The van der Waals surface area contributed by atoms with Crippen LogP contribution >= 0.6 is 11.8 Å². The van der Waals surface area contributed by atoms with Crippen molar-refractivity contribution in [1.29, 1.82) is 0 Å². The molecule has 0 saturated heterocycles. The standard InChI is InChI=1S/C22H27N3O3S/c1-16(2)25-21(17-6-8-18(26-3)9-7-17)23-24-22(25)29-15-5-14-28-20-12-10-19(27-4)11-13-20/h6-13,16H,5,14-15H2,1-4H3. The van der Waals surface area contributed by atoms with Crippen LogP contribution in [0.1, 0.15) is 26.3 Å². The van der Waals surface area contributed by atoms with Gasteiger partial charge in [-0.3, -0.25) is 4.57 Å². The van der Waals surface area contributed by atoms with Gasteiger partial charge in [0.2, 0.25) is 0 Å². The summed E-state index contributed by atoms with van der Waals surface area (Å²) in [7, 11) is 3.32. The van der Waals surface area contributed by atoms with Crippen molar-refractivity contribution in [3.63, 3.8) is 0 Å². The lowest BCUT2D eigenvalue weighted by molar-refractivity contribution is 0.318. The summed E-state index contributed by atoms with van der Waals surface area (Å²) in [6, 6.07) is 15.8. The van der Waals surface area contributed by atoms with Crippen LogP contribution < -0.4 is 14.2 Å². The number of nitrogens with zero attached hydrogens (tertiary/aromatic N) is 3. The maximum atomic E-state index is 5.79. The van der Waals surface area contributed by atoms with E-state index in [4.69, 9.17) is 14.2 Å². The zero-order chi connectivity index (χ0) is 20.6. The first-order chi connectivity index (χ1) is 14.1. The minimum Gasteiger partial charge on any atom is -0.497 e. The van der Waals surface area contributed by atoms with Crippen molar-refractivity contribution in [3.8, 4) is 28.6 Å². The molecule has 154 valence electrons. The molecule has 3 aromatic rings. The molecule has 7 heteroatoms. The highest BCUT2D eigenvalue weighted by Crippen LogP contribution is 2.29. The van der Waals surface area contributed by atoms with Gasteiger partial charge in [0.25, 0.3) is 0 Å². The third-order valence-corrected chi connectivity index (χ3v) is 5.41. The molecule has 0 aliphatic rings. The van der Waals surface area contributed by atoms with Gasteiger partial charge in [0, 0.05) is 17.4 Å². The summed E-state index contributed by atoms with van der Waals surface area (Å²) in [6.07, 6.45) is 0.916. The maximum Gasteiger partial charge on any atom is 0.191 e. The summed E-state index contributed by atoms with van der Waals surface area (Å²) in [5.41, 5.74) is 1.03. The van der Waals surface area contributed by atoms with Crippen LogP contribution in [0, 0.1) is 0 Å². The molecule has 0 amide bonds. The van der Waals surface area contributed by atoms with Crippen molar-refractivity contribution < 1.29 is 14.2 Å². The highest BCUT2D eigenvalue weighted by molar-refractivity contribution is 7.99. The Labute approximate surface area is 176 Å². The Hall–Kier alpha value is -2.67. The molecule has 0 fully saturated rings. The van der Waals surface area contributed by atoms with Gasteiger partial charge in [-0.15, -0.1) is 10.2 Å². The molecular weight excluding hydrogens is 386 g/mol. The normalized spacial score (nSPS) is 10.9. The van der Waals surface area contributed by atoms with Crippen LogP contribution in [0.5, 0.6) is 17.2 Å². The van der Waals surface area contributed by atoms with E-state index in [1.807, 2.05) is 48.5 Å². The van der Waals surface area contributed by atoms with Gasteiger partial charge in [-0.2, -0.15) is 0 Å². The fourth-order valence-electron chi connectivity index (χ4n) is 2.86. The summed E-state index contributed by atoms with van der Waals surface area (Å²) in [6.45, 7) is 4.95. The first-order valence-corrected chi connectivity index (χ1v) is 10.6. The lowest BCUT2D eigenvalue weighted by Crippen LogP contribution is -2.06. The fourth-order valence-corrected chi connectivity index (χ4v) is 3.84. The van der Waals surface area contributed by atoms with Crippen molar-refractivity contribution in [2.75, 3.05) is 26.6 Å². The minimum absolute atomic E-state index is 0.264. The molecule has 0 atom stereocenters. The predicted molar refractivity (Wildman–Crippen MR) is 116 cm³/mol. The molecule has 0 aliphatic heterocycles. The number of hydrogen-bond acceptors (Lipinski definition) is 6. The minimum atomic E-state index is 0.264. The van der Waals surface area contributed by atoms with Crippen LogP contribution in [0.25, 0.3) is 11.4 Å². The smallest absolute Gasteiger partial charge is 0.191 e. The lowest BCUT2D eigenvalue weighted by Gasteiger charge is -2.14.